The van der Waals surface area contributed by atoms with Crippen LogP contribution in [0.3, 0.4) is 0 Å². The summed E-state index contributed by atoms with van der Waals surface area (Å²) in [6.45, 7) is 0. The van der Waals surface area contributed by atoms with Crippen LogP contribution in [0, 0.1) is 11.3 Å². The van der Waals surface area contributed by atoms with Crippen molar-refractivity contribution in [1.82, 2.24) is 15.6 Å². The van der Waals surface area contributed by atoms with Crippen molar-refractivity contribution in [2.24, 2.45) is 0 Å². The Labute approximate surface area is 210 Å². The van der Waals surface area contributed by atoms with Gasteiger partial charge in [0.05, 0.1) is 11.0 Å². The third kappa shape index (κ3) is 4.61. The molecule has 0 aliphatic heterocycles. The van der Waals surface area contributed by atoms with Gasteiger partial charge in [-0.15, -0.1) is 0 Å². The number of benzene rings is 2. The molecular formula is C27H28N4O4S. The van der Waals surface area contributed by atoms with E-state index >= 15 is 0 Å². The molecule has 3 N–H and O–H groups in total. The molecule has 9 heteroatoms. The summed E-state index contributed by atoms with van der Waals surface area (Å²) < 4.78 is 23.9. The van der Waals surface area contributed by atoms with E-state index < -0.39 is 20.9 Å². The van der Waals surface area contributed by atoms with Crippen LogP contribution in [0.2, 0.25) is 0 Å². The van der Waals surface area contributed by atoms with Crippen molar-refractivity contribution >= 4 is 32.6 Å². The second-order valence-electron chi connectivity index (χ2n) is 10.0. The molecule has 2 aliphatic carbocycles. The summed E-state index contributed by atoms with van der Waals surface area (Å²) >= 11 is 0. The first kappa shape index (κ1) is 24.1. The fourth-order valence-corrected chi connectivity index (χ4v) is 5.58. The number of hydrogen-bond acceptors (Lipinski definition) is 5. The molecule has 36 heavy (non-hydrogen) atoms. The van der Waals surface area contributed by atoms with Crippen molar-refractivity contribution < 1.29 is 18.0 Å². The number of rotatable bonds is 6. The average Bonchev–Trinajstić information content (AvgIpc) is 3.51. The van der Waals surface area contributed by atoms with Crippen LogP contribution in [-0.2, 0) is 14.6 Å². The van der Waals surface area contributed by atoms with Crippen LogP contribution in [0.5, 0.6) is 0 Å². The van der Waals surface area contributed by atoms with Gasteiger partial charge in [-0.05, 0) is 61.1 Å². The van der Waals surface area contributed by atoms with Crippen molar-refractivity contribution in [3.05, 3.63) is 54.2 Å². The van der Waals surface area contributed by atoms with E-state index in [1.165, 1.54) is 6.26 Å². The molecule has 0 bridgehead atoms. The molecule has 3 aromatic rings. The molecule has 186 valence electrons. The fraction of sp³-hybridized carbons (Fsp3) is 0.370. The van der Waals surface area contributed by atoms with E-state index in [2.05, 4.69) is 21.7 Å². The van der Waals surface area contributed by atoms with E-state index in [0.717, 1.165) is 41.3 Å². The van der Waals surface area contributed by atoms with Crippen LogP contribution < -0.4 is 10.6 Å². The van der Waals surface area contributed by atoms with E-state index in [1.807, 2.05) is 24.3 Å². The summed E-state index contributed by atoms with van der Waals surface area (Å²) in [4.78, 5) is 29.9. The van der Waals surface area contributed by atoms with Crippen LogP contribution in [-0.4, -0.2) is 42.5 Å². The third-order valence-electron chi connectivity index (χ3n) is 7.27. The van der Waals surface area contributed by atoms with Crippen LogP contribution in [0.1, 0.15) is 55.4 Å². The fourth-order valence-electron chi connectivity index (χ4n) is 4.91. The van der Waals surface area contributed by atoms with Crippen LogP contribution in [0.15, 0.2) is 53.4 Å². The number of carbonyl (C=O) groups excluding carboxylic acids is 2. The standard InChI is InChI=1S/C27H28N4O4S/c1-36(34,35)21-7-5-6-18(14-21)19-8-9-20-16-23(29-22(20)15-19)24(32)30-27(10-3-2-4-11-27)25(33)31-26(17-28)12-13-26/h5-9,14-16,29H,2-4,10-13H2,1H3,(H,30,32)(H,31,33). The van der Waals surface area contributed by atoms with E-state index in [1.54, 1.807) is 24.3 Å². The summed E-state index contributed by atoms with van der Waals surface area (Å²) in [7, 11) is -3.33. The molecule has 0 unspecified atom stereocenters. The molecule has 0 saturated heterocycles. The second kappa shape index (κ2) is 8.79. The molecule has 0 atom stereocenters. The highest BCUT2D eigenvalue weighted by atomic mass is 32.2. The molecule has 2 saturated carbocycles. The number of amides is 2. The Balaban J connectivity index is 1.40. The molecule has 5 rings (SSSR count). The number of nitrogens with zero attached hydrogens (tertiary/aromatic N) is 1. The van der Waals surface area contributed by atoms with Gasteiger partial charge in [0.2, 0.25) is 5.91 Å². The molecule has 2 amide bonds. The largest absolute Gasteiger partial charge is 0.351 e. The van der Waals surface area contributed by atoms with Gasteiger partial charge in [0, 0.05) is 17.2 Å². The monoisotopic (exact) mass is 504 g/mol. The first-order chi connectivity index (χ1) is 17.1. The summed E-state index contributed by atoms with van der Waals surface area (Å²) in [6, 6.07) is 16.3. The molecule has 0 radical (unpaired) electrons. The molecule has 1 heterocycles. The summed E-state index contributed by atoms with van der Waals surface area (Å²) in [5.41, 5.74) is 0.812. The zero-order valence-corrected chi connectivity index (χ0v) is 20.9. The Morgan fingerprint density at radius 3 is 2.33 bits per heavy atom. The van der Waals surface area contributed by atoms with E-state index in [9.17, 15) is 23.3 Å². The van der Waals surface area contributed by atoms with Crippen LogP contribution >= 0.6 is 0 Å². The molecular weight excluding hydrogens is 476 g/mol. The highest BCUT2D eigenvalue weighted by molar-refractivity contribution is 7.90. The number of aromatic nitrogens is 1. The van der Waals surface area contributed by atoms with Gasteiger partial charge in [0.25, 0.3) is 5.91 Å². The van der Waals surface area contributed by atoms with Crippen molar-refractivity contribution in [3.63, 3.8) is 0 Å². The smallest absolute Gasteiger partial charge is 0.268 e. The Morgan fingerprint density at radius 1 is 0.944 bits per heavy atom. The van der Waals surface area contributed by atoms with E-state index in [0.29, 0.717) is 31.4 Å². The maximum absolute atomic E-state index is 13.3. The Hall–Kier alpha value is -3.64. The molecule has 2 aliphatic rings. The SMILES string of the molecule is CS(=O)(=O)c1cccc(-c2ccc3cc(C(=O)NC4(C(=O)NC5(C#N)CC5)CCCCC4)[nH]c3c2)c1. The lowest BCUT2D eigenvalue weighted by Gasteiger charge is -2.37. The number of nitrogens with one attached hydrogen (secondary N) is 3. The number of H-pyrrole nitrogens is 1. The van der Waals surface area contributed by atoms with Crippen LogP contribution in [0.4, 0.5) is 0 Å². The van der Waals surface area contributed by atoms with Gasteiger partial charge in [-0.25, -0.2) is 8.42 Å². The normalized spacial score (nSPS) is 18.2. The molecule has 2 aromatic carbocycles. The highest BCUT2D eigenvalue weighted by Gasteiger charge is 2.50. The topological polar surface area (TPSA) is 132 Å². The maximum Gasteiger partial charge on any atom is 0.268 e. The molecule has 8 nitrogen and oxygen atoms in total. The zero-order chi connectivity index (χ0) is 25.6. The lowest BCUT2D eigenvalue weighted by molar-refractivity contribution is -0.129. The Bertz CT molecular complexity index is 1510. The van der Waals surface area contributed by atoms with E-state index in [4.69, 9.17) is 0 Å². The highest BCUT2D eigenvalue weighted by Crippen LogP contribution is 2.37. The summed E-state index contributed by atoms with van der Waals surface area (Å²) in [5.74, 6) is -0.649. The average molecular weight is 505 g/mol. The number of hydrogen-bond donors (Lipinski definition) is 3. The quantitative estimate of drug-likeness (QED) is 0.469. The first-order valence-corrected chi connectivity index (χ1v) is 14.0. The van der Waals surface area contributed by atoms with Gasteiger partial charge in [-0.3, -0.25) is 9.59 Å². The van der Waals surface area contributed by atoms with Gasteiger partial charge in [0.15, 0.2) is 9.84 Å². The molecule has 1 aromatic heterocycles. The maximum atomic E-state index is 13.3. The molecule has 0 spiro atoms. The first-order valence-electron chi connectivity index (χ1n) is 12.1. The number of sulfone groups is 1. The lowest BCUT2D eigenvalue weighted by Crippen LogP contribution is -2.61. The predicted molar refractivity (Wildman–Crippen MR) is 136 cm³/mol. The molecule has 2 fully saturated rings. The number of aromatic amines is 1. The van der Waals surface area contributed by atoms with Gasteiger partial charge in [-0.1, -0.05) is 43.5 Å². The van der Waals surface area contributed by atoms with Gasteiger partial charge in [0.1, 0.15) is 16.8 Å². The number of nitriles is 1. The minimum atomic E-state index is -3.33. The Kier molecular flexibility index (Phi) is 5.87. The van der Waals surface area contributed by atoms with Crippen molar-refractivity contribution in [1.29, 1.82) is 5.26 Å². The minimum absolute atomic E-state index is 0.243. The van der Waals surface area contributed by atoms with Crippen LogP contribution in [0.25, 0.3) is 22.0 Å². The van der Waals surface area contributed by atoms with Crippen molar-refractivity contribution in [2.45, 2.75) is 60.9 Å². The lowest BCUT2D eigenvalue weighted by atomic mass is 9.80. The summed E-state index contributed by atoms with van der Waals surface area (Å²) in [6.07, 6.45) is 6.18. The van der Waals surface area contributed by atoms with Crippen molar-refractivity contribution in [3.8, 4) is 17.2 Å². The van der Waals surface area contributed by atoms with Gasteiger partial charge < -0.3 is 15.6 Å². The third-order valence-corrected chi connectivity index (χ3v) is 8.38. The van der Waals surface area contributed by atoms with Gasteiger partial charge >= 0.3 is 0 Å². The van der Waals surface area contributed by atoms with Gasteiger partial charge in [-0.2, -0.15) is 5.26 Å². The Morgan fingerprint density at radius 2 is 1.67 bits per heavy atom. The zero-order valence-electron chi connectivity index (χ0n) is 20.1. The predicted octanol–water partition coefficient (Wildman–Crippen LogP) is 3.84. The summed E-state index contributed by atoms with van der Waals surface area (Å²) in [5, 5.41) is 16.1. The van der Waals surface area contributed by atoms with E-state index in [-0.39, 0.29) is 16.7 Å². The second-order valence-corrected chi connectivity index (χ2v) is 12.0. The minimum Gasteiger partial charge on any atom is -0.351 e. The number of fused-ring (bicyclic) bond motifs is 1. The number of carbonyl (C=O) groups is 2. The van der Waals surface area contributed by atoms with Crippen molar-refractivity contribution in [2.75, 3.05) is 6.26 Å².